The minimum absolute atomic E-state index is 0.480. The number of halogens is 2. The van der Waals surface area contributed by atoms with Gasteiger partial charge in [0.1, 0.15) is 0 Å². The molecule has 1 aromatic heterocycles. The van der Waals surface area contributed by atoms with Crippen LogP contribution in [0.5, 0.6) is 0 Å². The summed E-state index contributed by atoms with van der Waals surface area (Å²) in [6.07, 6.45) is 0. The van der Waals surface area contributed by atoms with E-state index in [1.54, 1.807) is 12.1 Å². The van der Waals surface area contributed by atoms with Crippen molar-refractivity contribution in [3.05, 3.63) is 75.5 Å². The third kappa shape index (κ3) is 4.75. The van der Waals surface area contributed by atoms with Gasteiger partial charge in [-0.05, 0) is 68.0 Å². The van der Waals surface area contributed by atoms with E-state index in [0.29, 0.717) is 15.2 Å². The molecule has 0 aliphatic heterocycles. The molecular weight excluding hydrogens is 387 g/mol. The molecule has 0 radical (unpaired) electrons. The highest BCUT2D eigenvalue weighted by Gasteiger charge is 2.04. The molecule has 26 heavy (non-hydrogen) atoms. The highest BCUT2D eigenvalue weighted by molar-refractivity contribution is 7.80. The van der Waals surface area contributed by atoms with Crippen LogP contribution >= 0.6 is 35.4 Å². The van der Waals surface area contributed by atoms with Gasteiger partial charge in [-0.2, -0.15) is 5.10 Å². The standard InChI is InChI=1S/C19H18Cl2N4S/c1-12-9-13(2)25(24-12)11-14-3-5-15(6-4-14)22-19(26)23-16-7-8-17(20)18(21)10-16/h3-10H,11H2,1-2H3,(H2,22,23,26). The van der Waals surface area contributed by atoms with E-state index in [1.165, 1.54) is 5.56 Å². The van der Waals surface area contributed by atoms with Crippen LogP contribution in [0, 0.1) is 13.8 Å². The van der Waals surface area contributed by atoms with E-state index in [9.17, 15) is 0 Å². The Kier molecular flexibility index (Phi) is 5.81. The van der Waals surface area contributed by atoms with Crippen LogP contribution in [-0.4, -0.2) is 14.9 Å². The van der Waals surface area contributed by atoms with Gasteiger partial charge < -0.3 is 10.6 Å². The summed E-state index contributed by atoms with van der Waals surface area (Å²) >= 11 is 17.3. The van der Waals surface area contributed by atoms with E-state index in [2.05, 4.69) is 40.9 Å². The molecule has 0 saturated carbocycles. The molecule has 0 saturated heterocycles. The van der Waals surface area contributed by atoms with Gasteiger partial charge in [0.2, 0.25) is 0 Å². The second kappa shape index (κ2) is 8.08. The van der Waals surface area contributed by atoms with Crippen molar-refractivity contribution in [1.82, 2.24) is 9.78 Å². The SMILES string of the molecule is Cc1cc(C)n(Cc2ccc(NC(=S)Nc3ccc(Cl)c(Cl)c3)cc2)n1. The third-order valence-corrected chi connectivity index (χ3v) is 4.77. The van der Waals surface area contributed by atoms with Crippen molar-refractivity contribution >= 4 is 51.9 Å². The van der Waals surface area contributed by atoms with Crippen LogP contribution in [0.3, 0.4) is 0 Å². The molecule has 0 amide bonds. The van der Waals surface area contributed by atoms with Crippen LogP contribution in [-0.2, 0) is 6.54 Å². The van der Waals surface area contributed by atoms with Crippen molar-refractivity contribution < 1.29 is 0 Å². The fourth-order valence-corrected chi connectivity index (χ4v) is 3.10. The minimum atomic E-state index is 0.480. The normalized spacial score (nSPS) is 10.6. The summed E-state index contributed by atoms with van der Waals surface area (Å²) in [4.78, 5) is 0. The fourth-order valence-electron chi connectivity index (χ4n) is 2.57. The monoisotopic (exact) mass is 404 g/mol. The number of nitrogens with one attached hydrogen (secondary N) is 2. The van der Waals surface area contributed by atoms with Crippen LogP contribution in [0.15, 0.2) is 48.5 Å². The van der Waals surface area contributed by atoms with Crippen molar-refractivity contribution in [2.75, 3.05) is 10.6 Å². The van der Waals surface area contributed by atoms with Gasteiger partial charge in [-0.3, -0.25) is 4.68 Å². The maximum atomic E-state index is 6.01. The van der Waals surface area contributed by atoms with Gasteiger partial charge in [0.05, 0.1) is 22.3 Å². The first-order valence-corrected chi connectivity index (χ1v) is 9.20. The summed E-state index contributed by atoms with van der Waals surface area (Å²) < 4.78 is 1.99. The summed E-state index contributed by atoms with van der Waals surface area (Å²) in [5.41, 5.74) is 5.03. The van der Waals surface area contributed by atoms with E-state index >= 15 is 0 Å². The van der Waals surface area contributed by atoms with Crippen LogP contribution in [0.4, 0.5) is 11.4 Å². The highest BCUT2D eigenvalue weighted by atomic mass is 35.5. The molecular formula is C19H18Cl2N4S. The van der Waals surface area contributed by atoms with E-state index < -0.39 is 0 Å². The lowest BCUT2D eigenvalue weighted by Crippen LogP contribution is -2.19. The molecule has 3 aromatic rings. The lowest BCUT2D eigenvalue weighted by molar-refractivity contribution is 0.659. The fraction of sp³-hybridized carbons (Fsp3) is 0.158. The van der Waals surface area contributed by atoms with Crippen molar-refractivity contribution in [2.24, 2.45) is 0 Å². The molecule has 0 fully saturated rings. The number of hydrogen-bond acceptors (Lipinski definition) is 2. The zero-order chi connectivity index (χ0) is 18.7. The Labute approximate surface area is 168 Å². The Balaban J connectivity index is 1.60. The van der Waals surface area contributed by atoms with Gasteiger partial charge in [-0.1, -0.05) is 35.3 Å². The number of rotatable bonds is 4. The maximum Gasteiger partial charge on any atom is 0.175 e. The lowest BCUT2D eigenvalue weighted by atomic mass is 10.2. The maximum absolute atomic E-state index is 6.01. The topological polar surface area (TPSA) is 41.9 Å². The summed E-state index contributed by atoms with van der Waals surface area (Å²) in [6.45, 7) is 4.80. The van der Waals surface area contributed by atoms with E-state index in [0.717, 1.165) is 29.3 Å². The third-order valence-electron chi connectivity index (χ3n) is 3.82. The van der Waals surface area contributed by atoms with Gasteiger partial charge >= 0.3 is 0 Å². The molecule has 0 aliphatic rings. The van der Waals surface area contributed by atoms with Crippen LogP contribution in [0.1, 0.15) is 17.0 Å². The second-order valence-electron chi connectivity index (χ2n) is 5.99. The largest absolute Gasteiger partial charge is 0.332 e. The van der Waals surface area contributed by atoms with E-state index in [4.69, 9.17) is 35.4 Å². The summed E-state index contributed by atoms with van der Waals surface area (Å²) in [5.74, 6) is 0. The number of thiocarbonyl (C=S) groups is 1. The van der Waals surface area contributed by atoms with Gasteiger partial charge in [0.25, 0.3) is 0 Å². The Hall–Kier alpha value is -2.08. The average Bonchev–Trinajstić information content (AvgIpc) is 2.90. The molecule has 4 nitrogen and oxygen atoms in total. The Morgan fingerprint density at radius 2 is 1.62 bits per heavy atom. The Bertz CT molecular complexity index is 935. The molecule has 0 atom stereocenters. The zero-order valence-electron chi connectivity index (χ0n) is 14.4. The Morgan fingerprint density at radius 1 is 0.962 bits per heavy atom. The molecule has 0 bridgehead atoms. The molecule has 3 rings (SSSR count). The van der Waals surface area contributed by atoms with E-state index in [-0.39, 0.29) is 0 Å². The highest BCUT2D eigenvalue weighted by Crippen LogP contribution is 2.25. The number of nitrogens with zero attached hydrogens (tertiary/aromatic N) is 2. The van der Waals surface area contributed by atoms with Gasteiger partial charge in [0, 0.05) is 17.1 Å². The average molecular weight is 405 g/mol. The molecule has 0 aliphatic carbocycles. The minimum Gasteiger partial charge on any atom is -0.332 e. The number of aromatic nitrogens is 2. The van der Waals surface area contributed by atoms with Crippen molar-refractivity contribution in [1.29, 1.82) is 0 Å². The zero-order valence-corrected chi connectivity index (χ0v) is 16.7. The quantitative estimate of drug-likeness (QED) is 0.550. The smallest absolute Gasteiger partial charge is 0.175 e. The number of aryl methyl sites for hydroxylation is 2. The van der Waals surface area contributed by atoms with Gasteiger partial charge in [0.15, 0.2) is 5.11 Å². The molecule has 1 heterocycles. The van der Waals surface area contributed by atoms with Crippen LogP contribution in [0.2, 0.25) is 10.0 Å². The van der Waals surface area contributed by atoms with Crippen LogP contribution in [0.25, 0.3) is 0 Å². The Morgan fingerprint density at radius 3 is 2.23 bits per heavy atom. The first kappa shape index (κ1) is 18.7. The van der Waals surface area contributed by atoms with Crippen molar-refractivity contribution in [3.63, 3.8) is 0 Å². The molecule has 2 aromatic carbocycles. The molecule has 0 unspecified atom stereocenters. The first-order chi connectivity index (χ1) is 12.4. The summed E-state index contributed by atoms with van der Waals surface area (Å²) in [7, 11) is 0. The molecule has 134 valence electrons. The van der Waals surface area contributed by atoms with E-state index in [1.807, 2.05) is 29.8 Å². The van der Waals surface area contributed by atoms with Gasteiger partial charge in [-0.15, -0.1) is 0 Å². The predicted octanol–water partition coefficient (Wildman–Crippen LogP) is 5.66. The molecule has 0 spiro atoms. The molecule has 7 heteroatoms. The van der Waals surface area contributed by atoms with Crippen LogP contribution < -0.4 is 10.6 Å². The van der Waals surface area contributed by atoms with Crippen molar-refractivity contribution in [2.45, 2.75) is 20.4 Å². The first-order valence-electron chi connectivity index (χ1n) is 8.04. The lowest BCUT2D eigenvalue weighted by Gasteiger charge is -2.12. The predicted molar refractivity (Wildman–Crippen MR) is 114 cm³/mol. The summed E-state index contributed by atoms with van der Waals surface area (Å²) in [5, 5.41) is 12.2. The summed E-state index contributed by atoms with van der Waals surface area (Å²) in [6, 6.07) is 15.4. The molecule has 2 N–H and O–H groups in total. The van der Waals surface area contributed by atoms with Gasteiger partial charge in [-0.25, -0.2) is 0 Å². The number of anilines is 2. The number of benzene rings is 2. The second-order valence-corrected chi connectivity index (χ2v) is 7.21. The number of hydrogen-bond donors (Lipinski definition) is 2. The van der Waals surface area contributed by atoms with Crippen molar-refractivity contribution in [3.8, 4) is 0 Å².